The van der Waals surface area contributed by atoms with Crippen LogP contribution in [0.2, 0.25) is 0 Å². The SMILES string of the molecule is CSC(C)(C)CNC(C)c1ccc(O)cc1F. The monoisotopic (exact) mass is 257 g/mol. The molecule has 4 heteroatoms. The van der Waals surface area contributed by atoms with Crippen LogP contribution in [0.25, 0.3) is 0 Å². The molecule has 0 spiro atoms. The average molecular weight is 257 g/mol. The standard InChI is InChI=1S/C13H20FNOS/c1-9(15-8-13(2,3)17-4)11-6-5-10(16)7-12(11)14/h5-7,9,15-16H,8H2,1-4H3. The number of halogens is 1. The number of benzene rings is 1. The third kappa shape index (κ3) is 4.21. The van der Waals surface area contributed by atoms with Gasteiger partial charge in [0.25, 0.3) is 0 Å². The van der Waals surface area contributed by atoms with Crippen LogP contribution in [-0.4, -0.2) is 22.7 Å². The van der Waals surface area contributed by atoms with Crippen molar-refractivity contribution in [2.75, 3.05) is 12.8 Å². The van der Waals surface area contributed by atoms with Crippen LogP contribution in [0.5, 0.6) is 5.75 Å². The van der Waals surface area contributed by atoms with Crippen LogP contribution < -0.4 is 5.32 Å². The van der Waals surface area contributed by atoms with Crippen molar-refractivity contribution in [3.8, 4) is 5.75 Å². The first kappa shape index (κ1) is 14.3. The van der Waals surface area contributed by atoms with Gasteiger partial charge in [-0.15, -0.1) is 0 Å². The van der Waals surface area contributed by atoms with E-state index in [1.54, 1.807) is 17.8 Å². The summed E-state index contributed by atoms with van der Waals surface area (Å²) in [4.78, 5) is 0. The highest BCUT2D eigenvalue weighted by atomic mass is 32.2. The van der Waals surface area contributed by atoms with Crippen molar-refractivity contribution in [1.82, 2.24) is 5.32 Å². The molecule has 0 saturated heterocycles. The van der Waals surface area contributed by atoms with Crippen molar-refractivity contribution in [2.45, 2.75) is 31.6 Å². The van der Waals surface area contributed by atoms with E-state index in [9.17, 15) is 4.39 Å². The van der Waals surface area contributed by atoms with E-state index in [-0.39, 0.29) is 22.4 Å². The molecule has 0 aromatic heterocycles. The Morgan fingerprint density at radius 1 is 1.47 bits per heavy atom. The lowest BCUT2D eigenvalue weighted by atomic mass is 10.1. The molecule has 0 saturated carbocycles. The Bertz CT molecular complexity index is 382. The van der Waals surface area contributed by atoms with Crippen LogP contribution in [-0.2, 0) is 0 Å². The molecule has 1 rings (SSSR count). The van der Waals surface area contributed by atoms with E-state index in [0.29, 0.717) is 5.56 Å². The minimum absolute atomic E-state index is 0.0390. The maximum absolute atomic E-state index is 13.6. The number of phenols is 1. The molecule has 1 atom stereocenters. The minimum Gasteiger partial charge on any atom is -0.508 e. The van der Waals surface area contributed by atoms with Gasteiger partial charge in [-0.05, 0) is 33.1 Å². The van der Waals surface area contributed by atoms with Crippen LogP contribution in [0.4, 0.5) is 4.39 Å². The molecule has 0 amide bonds. The van der Waals surface area contributed by atoms with Gasteiger partial charge in [-0.3, -0.25) is 0 Å². The Hall–Kier alpha value is -0.740. The normalized spacial score (nSPS) is 13.7. The lowest BCUT2D eigenvalue weighted by Gasteiger charge is -2.25. The zero-order valence-electron chi connectivity index (χ0n) is 10.7. The molecular formula is C13H20FNOS. The Morgan fingerprint density at radius 2 is 2.12 bits per heavy atom. The summed E-state index contributed by atoms with van der Waals surface area (Å²) in [6.45, 7) is 7.01. The van der Waals surface area contributed by atoms with E-state index in [4.69, 9.17) is 5.11 Å². The van der Waals surface area contributed by atoms with Gasteiger partial charge < -0.3 is 10.4 Å². The fourth-order valence-corrected chi connectivity index (χ4v) is 1.68. The molecule has 0 aliphatic heterocycles. The third-order valence-electron chi connectivity index (χ3n) is 2.84. The number of thioether (sulfide) groups is 1. The van der Waals surface area contributed by atoms with Crippen LogP contribution in [0.15, 0.2) is 18.2 Å². The summed E-state index contributed by atoms with van der Waals surface area (Å²) >= 11 is 1.77. The number of hydrogen-bond donors (Lipinski definition) is 2. The Balaban J connectivity index is 2.67. The molecule has 1 aromatic rings. The van der Waals surface area contributed by atoms with Gasteiger partial charge in [0.2, 0.25) is 0 Å². The average Bonchev–Trinajstić information content (AvgIpc) is 2.26. The second-order valence-electron chi connectivity index (χ2n) is 4.77. The fourth-order valence-electron chi connectivity index (χ4n) is 1.45. The summed E-state index contributed by atoms with van der Waals surface area (Å²) in [5, 5.41) is 12.5. The lowest BCUT2D eigenvalue weighted by Crippen LogP contribution is -2.33. The van der Waals surface area contributed by atoms with Gasteiger partial charge in [0.1, 0.15) is 11.6 Å². The van der Waals surface area contributed by atoms with E-state index in [1.807, 2.05) is 6.92 Å². The van der Waals surface area contributed by atoms with Gasteiger partial charge in [-0.2, -0.15) is 11.8 Å². The predicted molar refractivity (Wildman–Crippen MR) is 72.1 cm³/mol. The molecule has 0 aliphatic rings. The van der Waals surface area contributed by atoms with Crippen LogP contribution in [0.1, 0.15) is 32.4 Å². The topological polar surface area (TPSA) is 32.3 Å². The highest BCUT2D eigenvalue weighted by Gasteiger charge is 2.18. The molecule has 0 bridgehead atoms. The Morgan fingerprint density at radius 3 is 2.65 bits per heavy atom. The van der Waals surface area contributed by atoms with Crippen molar-refractivity contribution in [3.05, 3.63) is 29.6 Å². The zero-order valence-corrected chi connectivity index (χ0v) is 11.6. The largest absolute Gasteiger partial charge is 0.508 e. The summed E-state index contributed by atoms with van der Waals surface area (Å²) in [6.07, 6.45) is 2.06. The summed E-state index contributed by atoms with van der Waals surface area (Å²) in [5.41, 5.74) is 0.583. The zero-order chi connectivity index (χ0) is 13.1. The van der Waals surface area contributed by atoms with Gasteiger partial charge >= 0.3 is 0 Å². The van der Waals surface area contributed by atoms with Crippen LogP contribution in [0.3, 0.4) is 0 Å². The molecular weight excluding hydrogens is 237 g/mol. The maximum atomic E-state index is 13.6. The quantitative estimate of drug-likeness (QED) is 0.848. The first-order valence-corrected chi connectivity index (χ1v) is 6.85. The molecule has 96 valence electrons. The number of hydrogen-bond acceptors (Lipinski definition) is 3. The van der Waals surface area contributed by atoms with Gasteiger partial charge in [0.05, 0.1) is 0 Å². The minimum atomic E-state index is -0.369. The molecule has 1 unspecified atom stereocenters. The van der Waals surface area contributed by atoms with Crippen LogP contribution in [0, 0.1) is 5.82 Å². The number of aromatic hydroxyl groups is 1. The van der Waals surface area contributed by atoms with Crippen molar-refractivity contribution >= 4 is 11.8 Å². The summed E-state index contributed by atoms with van der Waals surface area (Å²) < 4.78 is 13.7. The van der Waals surface area contributed by atoms with E-state index < -0.39 is 0 Å². The Kier molecular flexibility index (Phi) is 4.83. The highest BCUT2D eigenvalue weighted by molar-refractivity contribution is 7.99. The molecule has 0 radical (unpaired) electrons. The molecule has 2 N–H and O–H groups in total. The summed E-state index contributed by atoms with van der Waals surface area (Å²) in [6, 6.07) is 4.21. The molecule has 0 fully saturated rings. The molecule has 0 aliphatic carbocycles. The van der Waals surface area contributed by atoms with Crippen molar-refractivity contribution in [3.63, 3.8) is 0 Å². The molecule has 0 heterocycles. The van der Waals surface area contributed by atoms with Gasteiger partial charge in [-0.1, -0.05) is 6.07 Å². The van der Waals surface area contributed by atoms with Gasteiger partial charge in [-0.25, -0.2) is 4.39 Å². The van der Waals surface area contributed by atoms with Gasteiger partial charge in [0.15, 0.2) is 0 Å². The number of nitrogens with one attached hydrogen (secondary N) is 1. The first-order chi connectivity index (χ1) is 7.85. The first-order valence-electron chi connectivity index (χ1n) is 5.62. The van der Waals surface area contributed by atoms with Crippen molar-refractivity contribution < 1.29 is 9.50 Å². The summed E-state index contributed by atoms with van der Waals surface area (Å²) in [5.74, 6) is -0.408. The third-order valence-corrected chi connectivity index (χ3v) is 4.09. The highest BCUT2D eigenvalue weighted by Crippen LogP contribution is 2.24. The second-order valence-corrected chi connectivity index (χ2v) is 6.29. The van der Waals surface area contributed by atoms with Crippen LogP contribution >= 0.6 is 11.8 Å². The van der Waals surface area contributed by atoms with E-state index in [2.05, 4.69) is 25.4 Å². The predicted octanol–water partition coefficient (Wildman–Crippen LogP) is 3.32. The Labute approximate surface area is 107 Å². The van der Waals surface area contributed by atoms with Gasteiger partial charge in [0, 0.05) is 29.0 Å². The fraction of sp³-hybridized carbons (Fsp3) is 0.538. The molecule has 17 heavy (non-hydrogen) atoms. The smallest absolute Gasteiger partial charge is 0.131 e. The molecule has 1 aromatic carbocycles. The maximum Gasteiger partial charge on any atom is 0.131 e. The van der Waals surface area contributed by atoms with E-state index in [0.717, 1.165) is 12.6 Å². The summed E-state index contributed by atoms with van der Waals surface area (Å²) in [7, 11) is 0. The van der Waals surface area contributed by atoms with E-state index >= 15 is 0 Å². The molecule has 2 nitrogen and oxygen atoms in total. The number of rotatable bonds is 5. The number of phenolic OH excluding ortho intramolecular Hbond substituents is 1. The van der Waals surface area contributed by atoms with Crippen molar-refractivity contribution in [1.29, 1.82) is 0 Å². The second kappa shape index (κ2) is 5.74. The van der Waals surface area contributed by atoms with Crippen molar-refractivity contribution in [2.24, 2.45) is 0 Å². The lowest BCUT2D eigenvalue weighted by molar-refractivity contribution is 0.461. The van der Waals surface area contributed by atoms with E-state index in [1.165, 1.54) is 6.07 Å².